The predicted molar refractivity (Wildman–Crippen MR) is 60.3 cm³/mol. The molecule has 13 heavy (non-hydrogen) atoms. The number of thioether (sulfide) groups is 1. The van der Waals surface area contributed by atoms with Crippen molar-refractivity contribution in [3.8, 4) is 0 Å². The summed E-state index contributed by atoms with van der Waals surface area (Å²) in [6, 6.07) is 0.783. The Morgan fingerprint density at radius 1 is 1.31 bits per heavy atom. The summed E-state index contributed by atoms with van der Waals surface area (Å²) in [7, 11) is 2.28. The zero-order valence-electron chi connectivity index (χ0n) is 9.05. The van der Waals surface area contributed by atoms with Crippen LogP contribution < -0.4 is 0 Å². The summed E-state index contributed by atoms with van der Waals surface area (Å²) in [5, 5.41) is 0. The van der Waals surface area contributed by atoms with E-state index in [1.165, 1.54) is 31.6 Å². The lowest BCUT2D eigenvalue weighted by Gasteiger charge is -2.36. The molecule has 3 unspecified atom stereocenters. The molecule has 1 spiro atoms. The van der Waals surface area contributed by atoms with Crippen molar-refractivity contribution in [3.63, 3.8) is 0 Å². The zero-order chi connectivity index (χ0) is 9.47. The molecule has 2 heterocycles. The maximum absolute atomic E-state index is 2.54. The molecule has 0 aromatic rings. The van der Waals surface area contributed by atoms with Crippen LogP contribution in [0.1, 0.15) is 33.1 Å². The monoisotopic (exact) mass is 199 g/mol. The van der Waals surface area contributed by atoms with Crippen LogP contribution in [0.4, 0.5) is 0 Å². The van der Waals surface area contributed by atoms with E-state index in [9.17, 15) is 0 Å². The topological polar surface area (TPSA) is 3.24 Å². The summed E-state index contributed by atoms with van der Waals surface area (Å²) in [6.07, 6.45) is 4.35. The molecule has 3 atom stereocenters. The van der Waals surface area contributed by atoms with Gasteiger partial charge in [-0.2, -0.15) is 11.8 Å². The Bertz CT molecular complexity index is 187. The van der Waals surface area contributed by atoms with Gasteiger partial charge < -0.3 is 4.90 Å². The molecule has 0 bridgehead atoms. The van der Waals surface area contributed by atoms with E-state index in [0.717, 1.165) is 12.0 Å². The minimum atomic E-state index is 0.617. The largest absolute Gasteiger partial charge is 0.302 e. The van der Waals surface area contributed by atoms with Crippen molar-refractivity contribution in [2.24, 2.45) is 5.92 Å². The van der Waals surface area contributed by atoms with Crippen LogP contribution in [0.2, 0.25) is 0 Å². The van der Waals surface area contributed by atoms with E-state index < -0.39 is 0 Å². The first-order valence-electron chi connectivity index (χ1n) is 5.50. The Kier molecular flexibility index (Phi) is 2.63. The molecule has 0 aliphatic carbocycles. The minimum Gasteiger partial charge on any atom is -0.302 e. The van der Waals surface area contributed by atoms with Crippen LogP contribution in [-0.2, 0) is 0 Å². The summed E-state index contributed by atoms with van der Waals surface area (Å²) in [5.74, 6) is 2.27. The average Bonchev–Trinajstić information content (AvgIpc) is 2.33. The van der Waals surface area contributed by atoms with Gasteiger partial charge in [-0.05, 0) is 38.5 Å². The van der Waals surface area contributed by atoms with Crippen LogP contribution in [0.5, 0.6) is 0 Å². The molecule has 2 aliphatic rings. The van der Waals surface area contributed by atoms with Gasteiger partial charge in [0, 0.05) is 17.3 Å². The van der Waals surface area contributed by atoms with E-state index in [1.807, 2.05) is 0 Å². The summed E-state index contributed by atoms with van der Waals surface area (Å²) >= 11 is 2.25. The van der Waals surface area contributed by atoms with E-state index >= 15 is 0 Å². The number of rotatable bonds is 0. The van der Waals surface area contributed by atoms with E-state index in [4.69, 9.17) is 0 Å². The number of nitrogens with zero attached hydrogens (tertiary/aromatic N) is 1. The molecule has 2 fully saturated rings. The van der Waals surface area contributed by atoms with Gasteiger partial charge in [-0.25, -0.2) is 0 Å². The minimum absolute atomic E-state index is 0.617. The highest BCUT2D eigenvalue weighted by molar-refractivity contribution is 8.00. The fourth-order valence-electron chi connectivity index (χ4n) is 2.89. The molecule has 2 aliphatic heterocycles. The Balaban J connectivity index is 2.13. The Morgan fingerprint density at radius 2 is 2.08 bits per heavy atom. The predicted octanol–water partition coefficient (Wildman–Crippen LogP) is 2.61. The van der Waals surface area contributed by atoms with Crippen LogP contribution >= 0.6 is 11.8 Å². The van der Waals surface area contributed by atoms with Gasteiger partial charge in [0.2, 0.25) is 0 Å². The van der Waals surface area contributed by atoms with Crippen molar-refractivity contribution in [1.82, 2.24) is 4.90 Å². The molecule has 0 amide bonds. The first-order valence-corrected chi connectivity index (χ1v) is 6.48. The third kappa shape index (κ3) is 1.52. The lowest BCUT2D eigenvalue weighted by molar-refractivity contribution is 0.300. The maximum Gasteiger partial charge on any atom is 0.0327 e. The fraction of sp³-hybridized carbons (Fsp3) is 1.00. The summed E-state index contributed by atoms with van der Waals surface area (Å²) < 4.78 is 0.617. The van der Waals surface area contributed by atoms with Crippen LogP contribution in [0, 0.1) is 5.92 Å². The highest BCUT2D eigenvalue weighted by Gasteiger charge is 2.47. The fourth-order valence-corrected chi connectivity index (χ4v) is 4.69. The molecule has 0 aromatic heterocycles. The Hall–Kier alpha value is 0.310. The molecule has 0 saturated carbocycles. The molecule has 2 saturated heterocycles. The molecule has 0 radical (unpaired) electrons. The molecule has 0 N–H and O–H groups in total. The smallest absolute Gasteiger partial charge is 0.0327 e. The third-order valence-corrected chi connectivity index (χ3v) is 5.92. The van der Waals surface area contributed by atoms with Crippen molar-refractivity contribution in [3.05, 3.63) is 0 Å². The van der Waals surface area contributed by atoms with E-state index in [1.54, 1.807) is 0 Å². The molecule has 2 heteroatoms. The Labute approximate surface area is 86.3 Å². The number of hydrogen-bond donors (Lipinski definition) is 0. The van der Waals surface area contributed by atoms with Crippen LogP contribution in [0.25, 0.3) is 0 Å². The van der Waals surface area contributed by atoms with Gasteiger partial charge in [0.25, 0.3) is 0 Å². The summed E-state index contributed by atoms with van der Waals surface area (Å²) in [6.45, 7) is 6.15. The SMILES string of the molecule is CC1C(C)C2(CCCCS2)CN1C. The van der Waals surface area contributed by atoms with Crippen molar-refractivity contribution < 1.29 is 0 Å². The molecule has 1 nitrogen and oxygen atoms in total. The van der Waals surface area contributed by atoms with Gasteiger partial charge in [-0.1, -0.05) is 13.3 Å². The standard InChI is InChI=1S/C11H21NS/c1-9-10(2)12(3)8-11(9)6-4-5-7-13-11/h9-10H,4-8H2,1-3H3. The molecule has 0 aromatic carbocycles. The van der Waals surface area contributed by atoms with Crippen molar-refractivity contribution >= 4 is 11.8 Å². The van der Waals surface area contributed by atoms with E-state index in [2.05, 4.69) is 37.6 Å². The zero-order valence-corrected chi connectivity index (χ0v) is 9.86. The lowest BCUT2D eigenvalue weighted by Crippen LogP contribution is -2.36. The van der Waals surface area contributed by atoms with Crippen molar-refractivity contribution in [2.75, 3.05) is 19.3 Å². The molecular formula is C11H21NS. The average molecular weight is 199 g/mol. The van der Waals surface area contributed by atoms with Crippen LogP contribution in [0.15, 0.2) is 0 Å². The second-order valence-corrected chi connectivity index (χ2v) is 6.32. The highest BCUT2D eigenvalue weighted by Crippen LogP contribution is 2.48. The Morgan fingerprint density at radius 3 is 2.54 bits per heavy atom. The highest BCUT2D eigenvalue weighted by atomic mass is 32.2. The van der Waals surface area contributed by atoms with Gasteiger partial charge in [0.05, 0.1) is 0 Å². The first kappa shape index (κ1) is 9.85. The van der Waals surface area contributed by atoms with Gasteiger partial charge >= 0.3 is 0 Å². The van der Waals surface area contributed by atoms with Crippen molar-refractivity contribution in [2.45, 2.75) is 43.9 Å². The van der Waals surface area contributed by atoms with Gasteiger partial charge in [0.1, 0.15) is 0 Å². The van der Waals surface area contributed by atoms with Gasteiger partial charge in [0.15, 0.2) is 0 Å². The molecular weight excluding hydrogens is 178 g/mol. The number of hydrogen-bond acceptors (Lipinski definition) is 2. The van der Waals surface area contributed by atoms with Gasteiger partial charge in [-0.15, -0.1) is 0 Å². The summed E-state index contributed by atoms with van der Waals surface area (Å²) in [4.78, 5) is 2.54. The van der Waals surface area contributed by atoms with Gasteiger partial charge in [-0.3, -0.25) is 0 Å². The quantitative estimate of drug-likeness (QED) is 0.590. The third-order valence-electron chi connectivity index (χ3n) is 4.15. The summed E-state index contributed by atoms with van der Waals surface area (Å²) in [5.41, 5.74) is 0. The second-order valence-electron chi connectivity index (χ2n) is 4.81. The normalized spacial score (nSPS) is 47.3. The first-order chi connectivity index (χ1) is 6.16. The molecule has 2 rings (SSSR count). The van der Waals surface area contributed by atoms with Crippen LogP contribution in [-0.4, -0.2) is 35.0 Å². The van der Waals surface area contributed by atoms with E-state index in [0.29, 0.717) is 4.75 Å². The number of likely N-dealkylation sites (tertiary alicyclic amines) is 1. The van der Waals surface area contributed by atoms with E-state index in [-0.39, 0.29) is 0 Å². The maximum atomic E-state index is 2.54. The molecule has 76 valence electrons. The van der Waals surface area contributed by atoms with Crippen LogP contribution in [0.3, 0.4) is 0 Å². The second kappa shape index (κ2) is 3.47. The van der Waals surface area contributed by atoms with Crippen molar-refractivity contribution in [1.29, 1.82) is 0 Å². The lowest BCUT2D eigenvalue weighted by atomic mass is 9.88.